The van der Waals surface area contributed by atoms with Crippen molar-refractivity contribution in [3.05, 3.63) is 53.2 Å². The fourth-order valence-electron chi connectivity index (χ4n) is 2.98. The zero-order chi connectivity index (χ0) is 21.8. The van der Waals surface area contributed by atoms with Crippen LogP contribution in [0.1, 0.15) is 25.1 Å². The average molecular weight is 415 g/mol. The topological polar surface area (TPSA) is 95.2 Å². The van der Waals surface area contributed by atoms with Gasteiger partial charge in [-0.3, -0.25) is 0 Å². The molecular formula is C19H18F5N3O2. The second kappa shape index (κ2) is 6.75. The van der Waals surface area contributed by atoms with Gasteiger partial charge >= 0.3 is 6.18 Å². The Labute approximate surface area is 162 Å². The Balaban J connectivity index is 2.35. The lowest BCUT2D eigenvalue weighted by Crippen LogP contribution is -2.49. The van der Waals surface area contributed by atoms with Crippen molar-refractivity contribution in [1.29, 1.82) is 0 Å². The number of nitrogens with two attached hydrogens (primary N) is 1. The van der Waals surface area contributed by atoms with E-state index >= 15 is 4.39 Å². The third-order valence-corrected chi connectivity index (χ3v) is 4.67. The van der Waals surface area contributed by atoms with Gasteiger partial charge in [0.15, 0.2) is 5.82 Å². The minimum Gasteiger partial charge on any atom is -0.386 e. The molecule has 2 heterocycles. The van der Waals surface area contributed by atoms with E-state index in [0.29, 0.717) is 11.5 Å². The summed E-state index contributed by atoms with van der Waals surface area (Å²) in [6, 6.07) is 6.01. The van der Waals surface area contributed by atoms with Gasteiger partial charge in [0.1, 0.15) is 11.5 Å². The summed E-state index contributed by atoms with van der Waals surface area (Å²) in [6.07, 6.45) is -5.22. The highest BCUT2D eigenvalue weighted by atomic mass is 19.4. The first-order chi connectivity index (χ1) is 13.3. The summed E-state index contributed by atoms with van der Waals surface area (Å²) in [7, 11) is 0. The molecule has 1 unspecified atom stereocenters. The second-order valence-electron chi connectivity index (χ2n) is 7.23. The number of pyridine rings is 1. The Morgan fingerprint density at radius 3 is 2.28 bits per heavy atom. The molecule has 10 heteroatoms. The summed E-state index contributed by atoms with van der Waals surface area (Å²) >= 11 is 0. The van der Waals surface area contributed by atoms with Gasteiger partial charge in [0.25, 0.3) is 0 Å². The van der Waals surface area contributed by atoms with Crippen LogP contribution in [0.3, 0.4) is 0 Å². The number of aromatic nitrogens is 2. The number of H-pyrrole nitrogens is 1. The van der Waals surface area contributed by atoms with Crippen LogP contribution in [-0.4, -0.2) is 32.9 Å². The Hall–Kier alpha value is -2.56. The van der Waals surface area contributed by atoms with Crippen molar-refractivity contribution >= 4 is 10.9 Å². The van der Waals surface area contributed by atoms with E-state index in [9.17, 15) is 27.8 Å². The van der Waals surface area contributed by atoms with Gasteiger partial charge in [-0.1, -0.05) is 12.1 Å². The molecule has 0 spiro atoms. The Morgan fingerprint density at radius 1 is 1.10 bits per heavy atom. The minimum atomic E-state index is -5.22. The molecule has 0 saturated carbocycles. The molecule has 5 N–H and O–H groups in total. The summed E-state index contributed by atoms with van der Waals surface area (Å²) in [6.45, 7) is 1.05. The molecule has 2 aromatic heterocycles. The number of hydrogen-bond donors (Lipinski definition) is 4. The van der Waals surface area contributed by atoms with E-state index in [1.807, 2.05) is 0 Å². The van der Waals surface area contributed by atoms with E-state index in [-0.39, 0.29) is 11.2 Å². The monoisotopic (exact) mass is 415 g/mol. The molecule has 0 aliphatic carbocycles. The maximum absolute atomic E-state index is 15.1. The third-order valence-electron chi connectivity index (χ3n) is 4.67. The van der Waals surface area contributed by atoms with Crippen molar-refractivity contribution in [2.75, 3.05) is 6.54 Å². The van der Waals surface area contributed by atoms with Crippen LogP contribution < -0.4 is 5.73 Å². The van der Waals surface area contributed by atoms with Crippen LogP contribution in [0.4, 0.5) is 22.0 Å². The molecule has 5 nitrogen and oxygen atoms in total. The van der Waals surface area contributed by atoms with Gasteiger partial charge in [-0.15, -0.1) is 0 Å². The summed E-state index contributed by atoms with van der Waals surface area (Å²) < 4.78 is 69.6. The summed E-state index contributed by atoms with van der Waals surface area (Å²) in [4.78, 5) is 6.24. The molecule has 0 fully saturated rings. The number of halogens is 5. The van der Waals surface area contributed by atoms with Crippen molar-refractivity contribution < 1.29 is 32.2 Å². The van der Waals surface area contributed by atoms with E-state index in [4.69, 9.17) is 5.73 Å². The second-order valence-corrected chi connectivity index (χ2v) is 7.23. The highest BCUT2D eigenvalue weighted by Crippen LogP contribution is 2.40. The first-order valence-corrected chi connectivity index (χ1v) is 8.50. The van der Waals surface area contributed by atoms with Crippen molar-refractivity contribution in [3.8, 4) is 11.4 Å². The van der Waals surface area contributed by atoms with E-state index in [0.717, 1.165) is 6.07 Å². The summed E-state index contributed by atoms with van der Waals surface area (Å²) in [5, 5.41) is 20.8. The van der Waals surface area contributed by atoms with Gasteiger partial charge < -0.3 is 20.9 Å². The summed E-state index contributed by atoms with van der Waals surface area (Å²) in [5.41, 5.74) is -2.58. The van der Waals surface area contributed by atoms with E-state index in [2.05, 4.69) is 9.97 Å². The number of alkyl halides is 3. The van der Waals surface area contributed by atoms with Crippen LogP contribution in [0, 0.1) is 11.6 Å². The molecule has 1 atom stereocenters. The molecular weight excluding hydrogens is 397 g/mol. The molecule has 0 radical (unpaired) electrons. The number of benzene rings is 1. The largest absolute Gasteiger partial charge is 0.424 e. The molecule has 3 aromatic rings. The lowest BCUT2D eigenvalue weighted by molar-refractivity contribution is -0.263. The summed E-state index contributed by atoms with van der Waals surface area (Å²) in [5.74, 6) is -1.77. The quantitative estimate of drug-likeness (QED) is 0.491. The lowest BCUT2D eigenvalue weighted by Gasteiger charge is -2.30. The van der Waals surface area contributed by atoms with Gasteiger partial charge in [-0.25, -0.2) is 13.8 Å². The first-order valence-electron chi connectivity index (χ1n) is 8.50. The van der Waals surface area contributed by atoms with Crippen molar-refractivity contribution in [1.82, 2.24) is 9.97 Å². The van der Waals surface area contributed by atoms with Crippen LogP contribution in [0.15, 0.2) is 30.3 Å². The third kappa shape index (κ3) is 3.47. The Bertz CT molecular complexity index is 1070. The maximum Gasteiger partial charge on any atom is 0.424 e. The highest BCUT2D eigenvalue weighted by Gasteiger charge is 2.56. The standard InChI is InChI=1S/C19H18F5N3O2/c1-17(2,28)10-7-13(18(29,8-25)19(22,23)24)27-16(14(10)21)12-6-9-4-3-5-11(20)15(9)26-12/h3-7,26,28-29H,8,25H2,1-2H3. The number of aliphatic hydroxyl groups is 2. The van der Waals surface area contributed by atoms with E-state index < -0.39 is 52.5 Å². The zero-order valence-electron chi connectivity index (χ0n) is 15.4. The Morgan fingerprint density at radius 2 is 1.76 bits per heavy atom. The molecule has 1 aromatic carbocycles. The number of aromatic amines is 1. The number of rotatable bonds is 4. The average Bonchev–Trinajstić information content (AvgIpc) is 3.04. The van der Waals surface area contributed by atoms with Crippen LogP contribution in [0.5, 0.6) is 0 Å². The smallest absolute Gasteiger partial charge is 0.386 e. The molecule has 0 amide bonds. The number of fused-ring (bicyclic) bond motifs is 1. The van der Waals surface area contributed by atoms with Gasteiger partial charge in [0.2, 0.25) is 5.60 Å². The molecule has 0 bridgehead atoms. The van der Waals surface area contributed by atoms with Crippen molar-refractivity contribution in [3.63, 3.8) is 0 Å². The molecule has 0 aliphatic rings. The fraction of sp³-hybridized carbons (Fsp3) is 0.316. The SMILES string of the molecule is CC(C)(O)c1cc(C(O)(CN)C(F)(F)F)nc(-c2cc3cccc(F)c3[nH]2)c1F. The number of nitrogens with one attached hydrogen (secondary N) is 1. The van der Waals surface area contributed by atoms with Crippen molar-refractivity contribution in [2.24, 2.45) is 5.73 Å². The van der Waals surface area contributed by atoms with E-state index in [1.54, 1.807) is 0 Å². The maximum atomic E-state index is 15.1. The molecule has 3 rings (SSSR count). The zero-order valence-corrected chi connectivity index (χ0v) is 15.4. The lowest BCUT2D eigenvalue weighted by atomic mass is 9.91. The number of nitrogens with zero attached hydrogens (tertiary/aromatic N) is 1. The molecule has 29 heavy (non-hydrogen) atoms. The van der Waals surface area contributed by atoms with Gasteiger partial charge in [0.05, 0.1) is 22.5 Å². The fourth-order valence-corrected chi connectivity index (χ4v) is 2.98. The minimum absolute atomic E-state index is 0.00354. The molecule has 0 saturated heterocycles. The predicted molar refractivity (Wildman–Crippen MR) is 95.7 cm³/mol. The first kappa shape index (κ1) is 21.2. The number of hydrogen-bond acceptors (Lipinski definition) is 4. The van der Waals surface area contributed by atoms with Crippen LogP contribution in [0.25, 0.3) is 22.3 Å². The van der Waals surface area contributed by atoms with E-state index in [1.165, 1.54) is 32.0 Å². The van der Waals surface area contributed by atoms with Gasteiger partial charge in [-0.05, 0) is 32.0 Å². The van der Waals surface area contributed by atoms with Gasteiger partial charge in [-0.2, -0.15) is 13.2 Å². The normalized spacial score (nSPS) is 15.0. The molecule has 0 aliphatic heterocycles. The Kier molecular flexibility index (Phi) is 4.93. The van der Waals surface area contributed by atoms with Crippen LogP contribution in [-0.2, 0) is 11.2 Å². The molecule has 156 valence electrons. The highest BCUT2D eigenvalue weighted by molar-refractivity contribution is 5.85. The van der Waals surface area contributed by atoms with Crippen LogP contribution >= 0.6 is 0 Å². The number of para-hydroxylation sites is 1. The van der Waals surface area contributed by atoms with Crippen LogP contribution in [0.2, 0.25) is 0 Å². The van der Waals surface area contributed by atoms with Crippen molar-refractivity contribution in [2.45, 2.75) is 31.2 Å². The van der Waals surface area contributed by atoms with Gasteiger partial charge in [0, 0.05) is 17.5 Å². The predicted octanol–water partition coefficient (Wildman–Crippen LogP) is 3.44.